The van der Waals surface area contributed by atoms with E-state index in [0.29, 0.717) is 12.6 Å². The molecule has 1 N–H and O–H groups in total. The van der Waals surface area contributed by atoms with Gasteiger partial charge in [0.2, 0.25) is 0 Å². The van der Waals surface area contributed by atoms with E-state index in [-0.39, 0.29) is 0 Å². The van der Waals surface area contributed by atoms with Crippen molar-refractivity contribution >= 4 is 0 Å². The van der Waals surface area contributed by atoms with E-state index in [1.54, 1.807) is 6.20 Å². The summed E-state index contributed by atoms with van der Waals surface area (Å²) in [4.78, 5) is 0. The Morgan fingerprint density at radius 1 is 1.21 bits per heavy atom. The first-order valence-corrected chi connectivity index (χ1v) is 7.06. The zero-order valence-electron chi connectivity index (χ0n) is 11.1. The van der Waals surface area contributed by atoms with Crippen LogP contribution in [0.15, 0.2) is 29.0 Å². The van der Waals surface area contributed by atoms with Crippen molar-refractivity contribution < 1.29 is 4.52 Å². The van der Waals surface area contributed by atoms with Gasteiger partial charge in [0.15, 0.2) is 0 Å². The third kappa shape index (κ3) is 3.23. The molecule has 19 heavy (non-hydrogen) atoms. The molecule has 5 heteroatoms. The topological polar surface area (TPSA) is 55.9 Å². The van der Waals surface area contributed by atoms with Crippen LogP contribution in [-0.4, -0.2) is 14.9 Å². The van der Waals surface area contributed by atoms with Crippen molar-refractivity contribution in [2.45, 2.75) is 51.2 Å². The van der Waals surface area contributed by atoms with Crippen LogP contribution in [-0.2, 0) is 13.1 Å². The molecule has 0 unspecified atom stereocenters. The second-order valence-electron chi connectivity index (χ2n) is 5.16. The Kier molecular flexibility index (Phi) is 3.93. The molecule has 0 aromatic carbocycles. The fourth-order valence-corrected chi connectivity index (χ4v) is 2.67. The molecule has 2 aromatic heterocycles. The Morgan fingerprint density at radius 3 is 2.89 bits per heavy atom. The molecule has 3 rings (SSSR count). The van der Waals surface area contributed by atoms with Gasteiger partial charge >= 0.3 is 0 Å². The first kappa shape index (κ1) is 12.4. The van der Waals surface area contributed by atoms with Gasteiger partial charge < -0.3 is 9.84 Å². The van der Waals surface area contributed by atoms with Crippen molar-refractivity contribution in [3.05, 3.63) is 36.0 Å². The first-order valence-electron chi connectivity index (χ1n) is 7.06. The molecule has 102 valence electrons. The van der Waals surface area contributed by atoms with E-state index in [1.807, 2.05) is 6.07 Å². The molecule has 0 atom stereocenters. The Morgan fingerprint density at radius 2 is 2.11 bits per heavy atom. The van der Waals surface area contributed by atoms with Crippen molar-refractivity contribution in [2.75, 3.05) is 0 Å². The summed E-state index contributed by atoms with van der Waals surface area (Å²) >= 11 is 0. The van der Waals surface area contributed by atoms with Crippen molar-refractivity contribution in [1.82, 2.24) is 20.3 Å². The van der Waals surface area contributed by atoms with Crippen LogP contribution in [0.2, 0.25) is 0 Å². The Hall–Kier alpha value is -1.62. The quantitative estimate of drug-likeness (QED) is 0.898. The van der Waals surface area contributed by atoms with Gasteiger partial charge in [0.1, 0.15) is 5.76 Å². The average Bonchev–Trinajstić information content (AvgIpc) is 3.11. The molecule has 1 saturated carbocycles. The second-order valence-corrected chi connectivity index (χ2v) is 5.16. The van der Waals surface area contributed by atoms with E-state index in [4.69, 9.17) is 4.52 Å². The van der Waals surface area contributed by atoms with E-state index >= 15 is 0 Å². The van der Waals surface area contributed by atoms with Crippen LogP contribution in [0.5, 0.6) is 0 Å². The van der Waals surface area contributed by atoms with Crippen molar-refractivity contribution in [3.63, 3.8) is 0 Å². The van der Waals surface area contributed by atoms with Gasteiger partial charge in [0.05, 0.1) is 24.5 Å². The maximum atomic E-state index is 5.03. The number of hydrogen-bond donors (Lipinski definition) is 1. The highest BCUT2D eigenvalue weighted by Crippen LogP contribution is 2.27. The summed E-state index contributed by atoms with van der Waals surface area (Å²) in [5.74, 6) is 0.853. The van der Waals surface area contributed by atoms with Gasteiger partial charge in [-0.25, -0.2) is 0 Å². The molecule has 0 aliphatic heterocycles. The van der Waals surface area contributed by atoms with Crippen molar-refractivity contribution in [1.29, 1.82) is 0 Å². The molecule has 1 fully saturated rings. The maximum absolute atomic E-state index is 5.03. The van der Waals surface area contributed by atoms with Gasteiger partial charge in [-0.1, -0.05) is 24.4 Å². The third-order valence-corrected chi connectivity index (χ3v) is 3.71. The van der Waals surface area contributed by atoms with Crippen molar-refractivity contribution in [2.24, 2.45) is 0 Å². The molecule has 0 spiro atoms. The number of nitrogens with zero attached hydrogens (tertiary/aromatic N) is 3. The van der Waals surface area contributed by atoms with Crippen molar-refractivity contribution in [3.8, 4) is 0 Å². The second kappa shape index (κ2) is 6.02. The normalized spacial score (nSPS) is 16.8. The zero-order valence-corrected chi connectivity index (χ0v) is 11.1. The molecule has 0 radical (unpaired) electrons. The predicted octanol–water partition coefficient (Wildman–Crippen LogP) is 2.67. The molecule has 2 heterocycles. The summed E-state index contributed by atoms with van der Waals surface area (Å²) in [6, 6.07) is 4.58. The Balaban J connectivity index is 1.50. The van der Waals surface area contributed by atoms with Gasteiger partial charge in [0.25, 0.3) is 0 Å². The molecule has 5 nitrogen and oxygen atoms in total. The molecule has 2 aromatic rings. The highest BCUT2D eigenvalue weighted by Gasteiger charge is 2.15. The van der Waals surface area contributed by atoms with Gasteiger partial charge in [-0.05, 0) is 18.9 Å². The van der Waals surface area contributed by atoms with Crippen LogP contribution in [0.1, 0.15) is 49.6 Å². The maximum Gasteiger partial charge on any atom is 0.150 e. The highest BCUT2D eigenvalue weighted by atomic mass is 16.5. The van der Waals surface area contributed by atoms with Gasteiger partial charge in [-0.3, -0.25) is 4.68 Å². The number of hydrogen-bond acceptors (Lipinski definition) is 4. The molecule has 1 aliphatic carbocycles. The van der Waals surface area contributed by atoms with Crippen LogP contribution in [0.25, 0.3) is 0 Å². The summed E-state index contributed by atoms with van der Waals surface area (Å²) in [5, 5.41) is 11.6. The highest BCUT2D eigenvalue weighted by molar-refractivity contribution is 5.00. The van der Waals surface area contributed by atoms with Gasteiger partial charge in [-0.2, -0.15) is 5.10 Å². The summed E-state index contributed by atoms with van der Waals surface area (Å²) < 4.78 is 7.18. The van der Waals surface area contributed by atoms with Crippen LogP contribution in [0.3, 0.4) is 0 Å². The van der Waals surface area contributed by atoms with E-state index in [0.717, 1.165) is 18.0 Å². The van der Waals surface area contributed by atoms with Crippen LogP contribution in [0.4, 0.5) is 0 Å². The van der Waals surface area contributed by atoms with Gasteiger partial charge in [0, 0.05) is 18.8 Å². The smallest absolute Gasteiger partial charge is 0.150 e. The largest absolute Gasteiger partial charge is 0.360 e. The lowest BCUT2D eigenvalue weighted by Crippen LogP contribution is -2.15. The van der Waals surface area contributed by atoms with Crippen LogP contribution < -0.4 is 5.32 Å². The predicted molar refractivity (Wildman–Crippen MR) is 71.4 cm³/mol. The minimum atomic E-state index is 0.608. The standard InChI is InChI=1S/C14H20N4O/c1-2-4-13(5-3-1)18-9-7-12(17-18)10-15-11-14-6-8-16-19-14/h6-9,13,15H,1-5,10-11H2. The number of rotatable bonds is 5. The fourth-order valence-electron chi connectivity index (χ4n) is 2.67. The Labute approximate surface area is 113 Å². The van der Waals surface area contributed by atoms with E-state index < -0.39 is 0 Å². The number of nitrogens with one attached hydrogen (secondary N) is 1. The third-order valence-electron chi connectivity index (χ3n) is 3.71. The minimum absolute atomic E-state index is 0.608. The zero-order chi connectivity index (χ0) is 12.9. The number of aromatic nitrogens is 3. The lowest BCUT2D eigenvalue weighted by molar-refractivity contribution is 0.327. The molecule has 0 saturated heterocycles. The van der Waals surface area contributed by atoms with E-state index in [1.165, 1.54) is 32.1 Å². The molecular weight excluding hydrogens is 240 g/mol. The minimum Gasteiger partial charge on any atom is -0.360 e. The lowest BCUT2D eigenvalue weighted by Gasteiger charge is -2.21. The first-order chi connectivity index (χ1) is 9.42. The molecule has 1 aliphatic rings. The molecular formula is C14H20N4O. The monoisotopic (exact) mass is 260 g/mol. The summed E-state index contributed by atoms with van der Waals surface area (Å²) in [6.45, 7) is 1.46. The van der Waals surface area contributed by atoms with Crippen LogP contribution >= 0.6 is 0 Å². The van der Waals surface area contributed by atoms with Gasteiger partial charge in [-0.15, -0.1) is 0 Å². The summed E-state index contributed by atoms with van der Waals surface area (Å²) in [7, 11) is 0. The SMILES string of the molecule is c1cc(CNCc2ccn(C3CCCCC3)n2)on1. The molecule has 0 amide bonds. The lowest BCUT2D eigenvalue weighted by atomic mass is 9.96. The van der Waals surface area contributed by atoms with E-state index in [2.05, 4.69) is 32.5 Å². The van der Waals surface area contributed by atoms with Crippen LogP contribution in [0, 0.1) is 0 Å². The fraction of sp³-hybridized carbons (Fsp3) is 0.571. The Bertz CT molecular complexity index is 485. The molecule has 0 bridgehead atoms. The average molecular weight is 260 g/mol. The van der Waals surface area contributed by atoms with E-state index in [9.17, 15) is 0 Å². The summed E-state index contributed by atoms with van der Waals surface area (Å²) in [6.07, 6.45) is 10.4. The summed E-state index contributed by atoms with van der Waals surface area (Å²) in [5.41, 5.74) is 1.09.